The van der Waals surface area contributed by atoms with E-state index in [-0.39, 0.29) is 21.2 Å². The van der Waals surface area contributed by atoms with Gasteiger partial charge in [0.15, 0.2) is 6.61 Å². The van der Waals surface area contributed by atoms with Crippen molar-refractivity contribution in [2.24, 2.45) is 7.05 Å². The third-order valence-corrected chi connectivity index (χ3v) is 7.15. The average molecular weight is 475 g/mol. The van der Waals surface area contributed by atoms with Gasteiger partial charge in [-0.05, 0) is 37.3 Å². The third kappa shape index (κ3) is 4.00. The Hall–Kier alpha value is -3.55. The van der Waals surface area contributed by atoms with Crippen molar-refractivity contribution in [3.63, 3.8) is 0 Å². The standard InChI is InChI=1S/C21H19ClN4O5S/c1-14-19(20(27)26(24(14)2)16-7-5-4-6-8-16)25(3)32(29,30)18-13-15(9-10-17(18)22)21(28)31-12-11-23/h4-10,13H,12H2,1-3H3. The molecule has 9 nitrogen and oxygen atoms in total. The van der Waals surface area contributed by atoms with Crippen LogP contribution < -0.4 is 9.86 Å². The lowest BCUT2D eigenvalue weighted by Crippen LogP contribution is -2.32. The second-order valence-electron chi connectivity index (χ2n) is 6.76. The molecule has 0 aliphatic rings. The molecule has 166 valence electrons. The summed E-state index contributed by atoms with van der Waals surface area (Å²) in [5, 5.41) is 8.43. The highest BCUT2D eigenvalue weighted by molar-refractivity contribution is 7.93. The second kappa shape index (κ2) is 8.90. The number of anilines is 1. The molecule has 0 bridgehead atoms. The van der Waals surface area contributed by atoms with Crippen LogP contribution >= 0.6 is 11.6 Å². The SMILES string of the molecule is Cc1c(N(C)S(=O)(=O)c2cc(C(=O)OCC#N)ccc2Cl)c(=O)n(-c2ccccc2)n1C. The first-order chi connectivity index (χ1) is 15.1. The van der Waals surface area contributed by atoms with Gasteiger partial charge in [0.1, 0.15) is 16.7 Å². The van der Waals surface area contributed by atoms with E-state index in [1.807, 2.05) is 0 Å². The van der Waals surface area contributed by atoms with E-state index in [1.165, 1.54) is 23.9 Å². The maximum Gasteiger partial charge on any atom is 0.339 e. The van der Waals surface area contributed by atoms with Crippen molar-refractivity contribution in [3.05, 3.63) is 75.2 Å². The number of ether oxygens (including phenoxy) is 1. The van der Waals surface area contributed by atoms with E-state index in [0.717, 1.165) is 10.4 Å². The zero-order chi connectivity index (χ0) is 23.6. The molecule has 0 radical (unpaired) electrons. The molecular formula is C21H19ClN4O5S. The Balaban J connectivity index is 2.11. The minimum absolute atomic E-state index is 0.0649. The first-order valence-corrected chi connectivity index (χ1v) is 11.1. The lowest BCUT2D eigenvalue weighted by atomic mass is 10.2. The number of rotatable bonds is 6. The van der Waals surface area contributed by atoms with Crippen molar-refractivity contribution in [1.82, 2.24) is 9.36 Å². The number of hydrogen-bond acceptors (Lipinski definition) is 6. The molecule has 0 N–H and O–H groups in total. The van der Waals surface area contributed by atoms with Crippen molar-refractivity contribution in [2.75, 3.05) is 18.0 Å². The minimum Gasteiger partial charge on any atom is -0.447 e. The number of nitriles is 1. The van der Waals surface area contributed by atoms with Crippen molar-refractivity contribution in [2.45, 2.75) is 11.8 Å². The monoisotopic (exact) mass is 474 g/mol. The molecule has 0 saturated heterocycles. The topological polar surface area (TPSA) is 114 Å². The van der Waals surface area contributed by atoms with E-state index in [1.54, 1.807) is 55.1 Å². The molecule has 11 heteroatoms. The summed E-state index contributed by atoms with van der Waals surface area (Å²) in [7, 11) is -1.44. The van der Waals surface area contributed by atoms with Crippen molar-refractivity contribution < 1.29 is 17.9 Å². The first kappa shape index (κ1) is 23.1. The number of para-hydroxylation sites is 1. The van der Waals surface area contributed by atoms with Crippen LogP contribution in [0.25, 0.3) is 5.69 Å². The Bertz CT molecular complexity index is 1390. The summed E-state index contributed by atoms with van der Waals surface area (Å²) in [6, 6.07) is 14.0. The number of carbonyl (C=O) groups is 1. The molecule has 0 atom stereocenters. The summed E-state index contributed by atoms with van der Waals surface area (Å²) in [6.45, 7) is 1.14. The van der Waals surface area contributed by atoms with Gasteiger partial charge in [0, 0.05) is 14.1 Å². The summed E-state index contributed by atoms with van der Waals surface area (Å²) in [6.07, 6.45) is 0. The molecule has 2 aromatic carbocycles. The first-order valence-electron chi connectivity index (χ1n) is 9.27. The number of benzene rings is 2. The van der Waals surface area contributed by atoms with Crippen LogP contribution in [0.3, 0.4) is 0 Å². The van der Waals surface area contributed by atoms with Crippen LogP contribution in [0.4, 0.5) is 5.69 Å². The van der Waals surface area contributed by atoms with Crippen LogP contribution in [0.15, 0.2) is 58.2 Å². The molecule has 1 aromatic heterocycles. The number of aromatic nitrogens is 2. The maximum absolute atomic E-state index is 13.4. The summed E-state index contributed by atoms with van der Waals surface area (Å²) in [5.74, 6) is -0.871. The molecule has 3 aromatic rings. The highest BCUT2D eigenvalue weighted by Gasteiger charge is 2.31. The van der Waals surface area contributed by atoms with Crippen LogP contribution in [0.5, 0.6) is 0 Å². The van der Waals surface area contributed by atoms with E-state index in [2.05, 4.69) is 0 Å². The van der Waals surface area contributed by atoms with Gasteiger partial charge in [-0.3, -0.25) is 13.8 Å². The van der Waals surface area contributed by atoms with Crippen LogP contribution in [0.2, 0.25) is 5.02 Å². The third-order valence-electron chi connectivity index (χ3n) is 4.91. The molecule has 0 fully saturated rings. The number of sulfonamides is 1. The van der Waals surface area contributed by atoms with Gasteiger partial charge < -0.3 is 4.74 Å². The Morgan fingerprint density at radius 1 is 1.22 bits per heavy atom. The Kier molecular flexibility index (Phi) is 6.43. The summed E-state index contributed by atoms with van der Waals surface area (Å²) < 4.78 is 35.2. The quantitative estimate of drug-likeness (QED) is 0.507. The molecule has 0 spiro atoms. The summed E-state index contributed by atoms with van der Waals surface area (Å²) >= 11 is 6.13. The maximum atomic E-state index is 13.4. The fourth-order valence-electron chi connectivity index (χ4n) is 3.19. The number of halogens is 1. The number of hydrogen-bond donors (Lipinski definition) is 0. The summed E-state index contributed by atoms with van der Waals surface area (Å²) in [4.78, 5) is 24.9. The molecule has 0 aliphatic carbocycles. The van der Waals surface area contributed by atoms with E-state index in [9.17, 15) is 18.0 Å². The molecule has 0 saturated carbocycles. The number of nitrogens with zero attached hydrogens (tertiary/aromatic N) is 4. The molecule has 0 aliphatic heterocycles. The molecule has 0 amide bonds. The Morgan fingerprint density at radius 2 is 1.88 bits per heavy atom. The highest BCUT2D eigenvalue weighted by atomic mass is 35.5. The van der Waals surface area contributed by atoms with Crippen molar-refractivity contribution in [1.29, 1.82) is 5.26 Å². The smallest absolute Gasteiger partial charge is 0.339 e. The largest absolute Gasteiger partial charge is 0.447 e. The van der Waals surface area contributed by atoms with Gasteiger partial charge in [0.2, 0.25) is 0 Å². The molecule has 0 unspecified atom stereocenters. The fourth-order valence-corrected chi connectivity index (χ4v) is 4.94. The van der Waals surface area contributed by atoms with E-state index in [4.69, 9.17) is 21.6 Å². The Morgan fingerprint density at radius 3 is 2.50 bits per heavy atom. The minimum atomic E-state index is -4.33. The van der Waals surface area contributed by atoms with Crippen LogP contribution in [-0.2, 0) is 21.8 Å². The van der Waals surface area contributed by atoms with Crippen molar-refractivity contribution >= 4 is 33.3 Å². The van der Waals surface area contributed by atoms with Crippen LogP contribution in [0.1, 0.15) is 16.1 Å². The zero-order valence-corrected chi connectivity index (χ0v) is 19.0. The van der Waals surface area contributed by atoms with Gasteiger partial charge in [-0.15, -0.1) is 0 Å². The van der Waals surface area contributed by atoms with Gasteiger partial charge in [-0.2, -0.15) is 5.26 Å². The lowest BCUT2D eigenvalue weighted by Gasteiger charge is -2.19. The molecular weight excluding hydrogens is 456 g/mol. The van der Waals surface area contributed by atoms with Gasteiger partial charge in [-0.1, -0.05) is 29.8 Å². The fraction of sp³-hybridized carbons (Fsp3) is 0.190. The van der Waals surface area contributed by atoms with Gasteiger partial charge in [0.05, 0.1) is 22.0 Å². The van der Waals surface area contributed by atoms with E-state index in [0.29, 0.717) is 11.4 Å². The molecule has 32 heavy (non-hydrogen) atoms. The van der Waals surface area contributed by atoms with Crippen molar-refractivity contribution in [3.8, 4) is 11.8 Å². The highest BCUT2D eigenvalue weighted by Crippen LogP contribution is 2.29. The predicted octanol–water partition coefficient (Wildman–Crippen LogP) is 2.64. The van der Waals surface area contributed by atoms with Gasteiger partial charge in [0.25, 0.3) is 15.6 Å². The number of esters is 1. The predicted molar refractivity (Wildman–Crippen MR) is 119 cm³/mol. The number of carbonyl (C=O) groups excluding carboxylic acids is 1. The van der Waals surface area contributed by atoms with Gasteiger partial charge in [-0.25, -0.2) is 17.9 Å². The Labute approximate surface area is 189 Å². The zero-order valence-electron chi connectivity index (χ0n) is 17.4. The van der Waals surface area contributed by atoms with Gasteiger partial charge >= 0.3 is 5.97 Å². The van der Waals surface area contributed by atoms with Crippen LogP contribution in [-0.4, -0.2) is 37.4 Å². The average Bonchev–Trinajstić information content (AvgIpc) is 3.00. The van der Waals surface area contributed by atoms with E-state index < -0.39 is 28.2 Å². The summed E-state index contributed by atoms with van der Waals surface area (Å²) in [5.41, 5.74) is 0.280. The molecule has 1 heterocycles. The second-order valence-corrected chi connectivity index (χ2v) is 9.11. The molecule has 3 rings (SSSR count). The van der Waals surface area contributed by atoms with Crippen LogP contribution in [0, 0.1) is 18.3 Å². The lowest BCUT2D eigenvalue weighted by molar-refractivity contribution is 0.0554. The van der Waals surface area contributed by atoms with E-state index >= 15 is 0 Å². The normalized spacial score (nSPS) is 11.1.